The van der Waals surface area contributed by atoms with Crippen LogP contribution in [0.5, 0.6) is 17.2 Å². The minimum Gasteiger partial charge on any atom is -0.497 e. The average molecular weight is 396 g/mol. The summed E-state index contributed by atoms with van der Waals surface area (Å²) in [6.07, 6.45) is 0. The molecule has 5 nitrogen and oxygen atoms in total. The van der Waals surface area contributed by atoms with Crippen molar-refractivity contribution < 1.29 is 23.0 Å². The molecule has 2 rings (SSSR count). The van der Waals surface area contributed by atoms with E-state index in [1.807, 2.05) is 36.2 Å². The Balaban J connectivity index is 1.92. The highest BCUT2D eigenvalue weighted by molar-refractivity contribution is 7.80. The molecule has 0 aliphatic heterocycles. The summed E-state index contributed by atoms with van der Waals surface area (Å²) < 4.78 is 39.5. The van der Waals surface area contributed by atoms with Crippen LogP contribution in [0, 0.1) is 0 Å². The van der Waals surface area contributed by atoms with Gasteiger partial charge in [-0.05, 0) is 47.6 Å². The fourth-order valence-electron chi connectivity index (χ4n) is 2.41. The van der Waals surface area contributed by atoms with Crippen molar-refractivity contribution in [2.75, 3.05) is 21.3 Å². The van der Waals surface area contributed by atoms with Crippen molar-refractivity contribution in [2.45, 2.75) is 19.7 Å². The minimum atomic E-state index is -2.90. The molecule has 0 radical (unpaired) electrons. The summed E-state index contributed by atoms with van der Waals surface area (Å²) in [5.41, 5.74) is 1.92. The van der Waals surface area contributed by atoms with E-state index in [0.717, 1.165) is 16.9 Å². The fourth-order valence-corrected chi connectivity index (χ4v) is 2.54. The van der Waals surface area contributed by atoms with Crippen molar-refractivity contribution in [1.29, 1.82) is 0 Å². The third-order valence-electron chi connectivity index (χ3n) is 3.81. The number of ether oxygens (including phenoxy) is 3. The highest BCUT2D eigenvalue weighted by atomic mass is 32.1. The molecule has 146 valence electrons. The Morgan fingerprint density at radius 2 is 1.70 bits per heavy atom. The predicted molar refractivity (Wildman–Crippen MR) is 104 cm³/mol. The number of alkyl halides is 2. The van der Waals surface area contributed by atoms with E-state index >= 15 is 0 Å². The first-order chi connectivity index (χ1) is 12.9. The van der Waals surface area contributed by atoms with Gasteiger partial charge in [-0.3, -0.25) is 0 Å². The number of nitrogens with one attached hydrogen (secondary N) is 1. The van der Waals surface area contributed by atoms with Crippen molar-refractivity contribution in [1.82, 2.24) is 10.2 Å². The van der Waals surface area contributed by atoms with Gasteiger partial charge in [-0.25, -0.2) is 0 Å². The van der Waals surface area contributed by atoms with Crippen LogP contribution in [0.25, 0.3) is 0 Å². The number of nitrogens with zero attached hydrogens (tertiary/aromatic N) is 1. The van der Waals surface area contributed by atoms with Gasteiger partial charge in [0.1, 0.15) is 5.75 Å². The van der Waals surface area contributed by atoms with Crippen molar-refractivity contribution in [3.8, 4) is 17.2 Å². The number of benzene rings is 2. The first kappa shape index (κ1) is 20.7. The van der Waals surface area contributed by atoms with Crippen molar-refractivity contribution >= 4 is 17.3 Å². The fraction of sp³-hybridized carbons (Fsp3) is 0.316. The molecular weight excluding hydrogens is 374 g/mol. The molecule has 0 unspecified atom stereocenters. The molecule has 0 saturated carbocycles. The van der Waals surface area contributed by atoms with Gasteiger partial charge in [0.25, 0.3) is 0 Å². The van der Waals surface area contributed by atoms with E-state index in [1.54, 1.807) is 19.2 Å². The van der Waals surface area contributed by atoms with Crippen LogP contribution in [0.3, 0.4) is 0 Å². The standard InChI is InChI=1S/C19H22F2N2O3S/c1-23(19(27)22-11-13-4-7-15(24-2)8-5-13)12-14-6-9-16(26-18(20)21)17(10-14)25-3/h4-10,18H,11-12H2,1-3H3,(H,22,27). The Morgan fingerprint density at radius 1 is 1.04 bits per heavy atom. The van der Waals surface area contributed by atoms with Crippen LogP contribution in [-0.4, -0.2) is 37.9 Å². The zero-order valence-corrected chi connectivity index (χ0v) is 16.2. The normalized spacial score (nSPS) is 10.4. The molecule has 2 aromatic carbocycles. The molecule has 8 heteroatoms. The molecule has 0 amide bonds. The molecule has 0 saturated heterocycles. The smallest absolute Gasteiger partial charge is 0.387 e. The molecular formula is C19H22F2N2O3S. The number of thiocarbonyl (C=S) groups is 1. The summed E-state index contributed by atoms with van der Waals surface area (Å²) in [7, 11) is 4.88. The first-order valence-electron chi connectivity index (χ1n) is 8.16. The van der Waals surface area contributed by atoms with Gasteiger partial charge in [0.15, 0.2) is 16.6 Å². The number of rotatable bonds is 8. The lowest BCUT2D eigenvalue weighted by molar-refractivity contribution is -0.0512. The van der Waals surface area contributed by atoms with Crippen molar-refractivity contribution in [3.63, 3.8) is 0 Å². The molecule has 0 bridgehead atoms. The molecule has 0 heterocycles. The third kappa shape index (κ3) is 6.25. The Labute approximate surface area is 162 Å². The van der Waals surface area contributed by atoms with Crippen LogP contribution >= 0.6 is 12.2 Å². The van der Waals surface area contributed by atoms with Crippen LogP contribution in [0.2, 0.25) is 0 Å². The van der Waals surface area contributed by atoms with Crippen LogP contribution < -0.4 is 19.5 Å². The molecule has 0 aliphatic rings. The number of hydrogen-bond donors (Lipinski definition) is 1. The van der Waals surface area contributed by atoms with E-state index in [0.29, 0.717) is 18.2 Å². The average Bonchev–Trinajstić information content (AvgIpc) is 2.67. The number of hydrogen-bond acceptors (Lipinski definition) is 4. The Morgan fingerprint density at radius 3 is 2.30 bits per heavy atom. The summed E-state index contributed by atoms with van der Waals surface area (Å²) in [5.74, 6) is 1.05. The van der Waals surface area contributed by atoms with Gasteiger partial charge in [0.2, 0.25) is 0 Å². The van der Waals surface area contributed by atoms with Gasteiger partial charge in [-0.1, -0.05) is 18.2 Å². The van der Waals surface area contributed by atoms with E-state index in [1.165, 1.54) is 13.2 Å². The molecule has 0 spiro atoms. The third-order valence-corrected chi connectivity index (χ3v) is 4.27. The lowest BCUT2D eigenvalue weighted by atomic mass is 10.2. The summed E-state index contributed by atoms with van der Waals surface area (Å²) in [6.45, 7) is -1.83. The second kappa shape index (κ2) is 9.91. The summed E-state index contributed by atoms with van der Waals surface area (Å²) >= 11 is 5.40. The second-order valence-corrected chi connectivity index (χ2v) is 6.11. The lowest BCUT2D eigenvalue weighted by Crippen LogP contribution is -2.36. The number of methoxy groups -OCH3 is 2. The topological polar surface area (TPSA) is 43.0 Å². The zero-order chi connectivity index (χ0) is 19.8. The van der Waals surface area contributed by atoms with Gasteiger partial charge < -0.3 is 24.4 Å². The quantitative estimate of drug-likeness (QED) is 0.685. The highest BCUT2D eigenvalue weighted by Crippen LogP contribution is 2.29. The van der Waals surface area contributed by atoms with Gasteiger partial charge >= 0.3 is 6.61 Å². The predicted octanol–water partition coefficient (Wildman–Crippen LogP) is 3.81. The minimum absolute atomic E-state index is 0.000824. The van der Waals surface area contributed by atoms with Crippen molar-refractivity contribution in [3.05, 3.63) is 53.6 Å². The van der Waals surface area contributed by atoms with Gasteiger partial charge in [-0.15, -0.1) is 0 Å². The van der Waals surface area contributed by atoms with E-state index < -0.39 is 6.61 Å². The molecule has 0 atom stereocenters. The maximum Gasteiger partial charge on any atom is 0.387 e. The van der Waals surface area contributed by atoms with E-state index in [2.05, 4.69) is 10.1 Å². The van der Waals surface area contributed by atoms with Gasteiger partial charge in [-0.2, -0.15) is 8.78 Å². The summed E-state index contributed by atoms with van der Waals surface area (Å²) in [4.78, 5) is 1.85. The van der Waals surface area contributed by atoms with Crippen LogP contribution in [0.1, 0.15) is 11.1 Å². The molecule has 27 heavy (non-hydrogen) atoms. The number of halogens is 2. The summed E-state index contributed by atoms with van der Waals surface area (Å²) in [5, 5.41) is 3.75. The molecule has 1 N–H and O–H groups in total. The maximum atomic E-state index is 12.4. The molecule has 0 aliphatic carbocycles. The second-order valence-electron chi connectivity index (χ2n) is 5.73. The largest absolute Gasteiger partial charge is 0.497 e. The highest BCUT2D eigenvalue weighted by Gasteiger charge is 2.12. The van der Waals surface area contributed by atoms with E-state index in [4.69, 9.17) is 21.7 Å². The van der Waals surface area contributed by atoms with Crippen LogP contribution in [-0.2, 0) is 13.1 Å². The maximum absolute atomic E-state index is 12.4. The SMILES string of the molecule is COc1ccc(CNC(=S)N(C)Cc2ccc(OC(F)F)c(OC)c2)cc1. The van der Waals surface area contributed by atoms with E-state index in [-0.39, 0.29) is 11.5 Å². The summed E-state index contributed by atoms with van der Waals surface area (Å²) in [6, 6.07) is 12.5. The molecule has 0 fully saturated rings. The van der Waals surface area contributed by atoms with E-state index in [9.17, 15) is 8.78 Å². The zero-order valence-electron chi connectivity index (χ0n) is 15.4. The Kier molecular flexibility index (Phi) is 7.60. The van der Waals surface area contributed by atoms with Gasteiger partial charge in [0, 0.05) is 20.1 Å². The monoisotopic (exact) mass is 396 g/mol. The Bertz CT molecular complexity index is 757. The molecule has 0 aromatic heterocycles. The van der Waals surface area contributed by atoms with Gasteiger partial charge in [0.05, 0.1) is 14.2 Å². The van der Waals surface area contributed by atoms with Crippen LogP contribution in [0.15, 0.2) is 42.5 Å². The molecule has 2 aromatic rings. The van der Waals surface area contributed by atoms with Crippen LogP contribution in [0.4, 0.5) is 8.78 Å². The first-order valence-corrected chi connectivity index (χ1v) is 8.57. The van der Waals surface area contributed by atoms with Crippen molar-refractivity contribution in [2.24, 2.45) is 0 Å². The lowest BCUT2D eigenvalue weighted by Gasteiger charge is -2.22. The Hall–Kier alpha value is -2.61.